The van der Waals surface area contributed by atoms with Gasteiger partial charge < -0.3 is 20.3 Å². The van der Waals surface area contributed by atoms with Crippen LogP contribution < -0.4 is 5.32 Å². The van der Waals surface area contributed by atoms with Crippen LogP contribution in [-0.2, 0) is 4.79 Å². The Hall–Kier alpha value is -1.14. The van der Waals surface area contributed by atoms with E-state index in [2.05, 4.69) is 41.3 Å². The summed E-state index contributed by atoms with van der Waals surface area (Å²) in [4.78, 5) is 15.8. The molecule has 0 aromatic rings. The van der Waals surface area contributed by atoms with Gasteiger partial charge in [0.25, 0.3) is 5.91 Å². The molecule has 0 aliphatic heterocycles. The largest absolute Gasteiger partial charge is 0.411 e. The highest BCUT2D eigenvalue weighted by Crippen LogP contribution is 2.02. The van der Waals surface area contributed by atoms with Crippen LogP contribution >= 0.6 is 0 Å². The van der Waals surface area contributed by atoms with E-state index >= 15 is 0 Å². The number of nitrogens with one attached hydrogen (secondary N) is 1. The van der Waals surface area contributed by atoms with Gasteiger partial charge in [0.15, 0.2) is 0 Å². The van der Waals surface area contributed by atoms with Crippen molar-refractivity contribution in [2.24, 2.45) is 5.16 Å². The maximum absolute atomic E-state index is 11.2. The van der Waals surface area contributed by atoms with Crippen LogP contribution in [0.4, 0.5) is 0 Å². The quantitative estimate of drug-likeness (QED) is 0.233. The second-order valence-electron chi connectivity index (χ2n) is 5.59. The first-order chi connectivity index (χ1) is 10.1. The topological polar surface area (TPSA) is 68.2 Å². The monoisotopic (exact) mass is 300 g/mol. The molecule has 0 saturated heterocycles. The van der Waals surface area contributed by atoms with Crippen molar-refractivity contribution < 1.29 is 10.0 Å². The van der Waals surface area contributed by atoms with Crippen LogP contribution in [0.15, 0.2) is 5.16 Å². The van der Waals surface area contributed by atoms with Crippen LogP contribution in [0.2, 0.25) is 0 Å². The van der Waals surface area contributed by atoms with E-state index in [0.717, 1.165) is 38.8 Å². The summed E-state index contributed by atoms with van der Waals surface area (Å²) in [7, 11) is 4.17. The zero-order valence-corrected chi connectivity index (χ0v) is 13.8. The molecule has 0 spiro atoms. The minimum Gasteiger partial charge on any atom is -0.411 e. The third kappa shape index (κ3) is 13.6. The zero-order valence-electron chi connectivity index (χ0n) is 13.8. The van der Waals surface area contributed by atoms with Crippen LogP contribution in [0.1, 0.15) is 39.0 Å². The predicted molar refractivity (Wildman–Crippen MR) is 87.0 cm³/mol. The summed E-state index contributed by atoms with van der Waals surface area (Å²) in [6, 6.07) is 0. The van der Waals surface area contributed by atoms with Crippen molar-refractivity contribution in [3.8, 4) is 0 Å². The van der Waals surface area contributed by atoms with Crippen LogP contribution in [-0.4, -0.2) is 73.9 Å². The molecule has 0 aromatic heterocycles. The summed E-state index contributed by atoms with van der Waals surface area (Å²) in [6.07, 6.45) is 7.03. The van der Waals surface area contributed by atoms with E-state index in [-0.39, 0.29) is 5.91 Å². The molecule has 6 heteroatoms. The van der Waals surface area contributed by atoms with Crippen molar-refractivity contribution in [3.05, 3.63) is 0 Å². The molecule has 0 fully saturated rings. The lowest BCUT2D eigenvalue weighted by Crippen LogP contribution is -2.37. The number of rotatable bonds is 13. The van der Waals surface area contributed by atoms with Gasteiger partial charge in [-0.1, -0.05) is 31.3 Å². The fraction of sp³-hybridized carbons (Fsp3) is 0.867. The Bertz CT molecular complexity index is 283. The maximum Gasteiger partial charge on any atom is 0.265 e. The SMILES string of the molecule is CCCCCCN(CCCN(C)C)CCNC(=O)C=NO. The first-order valence-electron chi connectivity index (χ1n) is 7.92. The van der Waals surface area contributed by atoms with Crippen molar-refractivity contribution in [2.75, 3.05) is 46.8 Å². The van der Waals surface area contributed by atoms with E-state index < -0.39 is 0 Å². The molecule has 0 atom stereocenters. The van der Waals surface area contributed by atoms with Gasteiger partial charge in [-0.05, 0) is 46.6 Å². The summed E-state index contributed by atoms with van der Waals surface area (Å²) in [5.74, 6) is -0.350. The number of hydrogen-bond acceptors (Lipinski definition) is 5. The average Bonchev–Trinajstić information content (AvgIpc) is 2.43. The number of carbonyl (C=O) groups excluding carboxylic acids is 1. The molecule has 0 bridgehead atoms. The minimum atomic E-state index is -0.350. The Labute approximate surface area is 129 Å². The molecule has 0 aliphatic carbocycles. The molecule has 0 saturated carbocycles. The van der Waals surface area contributed by atoms with Gasteiger partial charge in [-0.2, -0.15) is 0 Å². The minimum absolute atomic E-state index is 0.350. The molecule has 0 radical (unpaired) electrons. The zero-order chi connectivity index (χ0) is 15.9. The lowest BCUT2D eigenvalue weighted by atomic mass is 10.2. The van der Waals surface area contributed by atoms with Gasteiger partial charge >= 0.3 is 0 Å². The Kier molecular flexibility index (Phi) is 13.1. The van der Waals surface area contributed by atoms with Gasteiger partial charge in [-0.25, -0.2) is 0 Å². The van der Waals surface area contributed by atoms with Crippen molar-refractivity contribution in [3.63, 3.8) is 0 Å². The third-order valence-corrected chi connectivity index (χ3v) is 3.31. The molecule has 124 valence electrons. The van der Waals surface area contributed by atoms with Gasteiger partial charge in [0, 0.05) is 13.1 Å². The number of amides is 1. The normalized spacial score (nSPS) is 11.7. The number of unbranched alkanes of at least 4 members (excludes halogenated alkanes) is 3. The Morgan fingerprint density at radius 3 is 2.43 bits per heavy atom. The van der Waals surface area contributed by atoms with E-state index in [1.165, 1.54) is 25.7 Å². The van der Waals surface area contributed by atoms with Gasteiger partial charge in [0.1, 0.15) is 6.21 Å². The molecule has 0 rings (SSSR count). The predicted octanol–water partition coefficient (Wildman–Crippen LogP) is 1.40. The van der Waals surface area contributed by atoms with Crippen LogP contribution in [0.25, 0.3) is 0 Å². The highest BCUT2D eigenvalue weighted by Gasteiger charge is 2.06. The second kappa shape index (κ2) is 13.8. The molecular weight excluding hydrogens is 268 g/mol. The second-order valence-corrected chi connectivity index (χ2v) is 5.59. The lowest BCUT2D eigenvalue weighted by Gasteiger charge is -2.23. The van der Waals surface area contributed by atoms with Crippen molar-refractivity contribution in [2.45, 2.75) is 39.0 Å². The first-order valence-corrected chi connectivity index (χ1v) is 7.92. The lowest BCUT2D eigenvalue weighted by molar-refractivity contribution is -0.114. The van der Waals surface area contributed by atoms with E-state index in [1.807, 2.05) is 0 Å². The highest BCUT2D eigenvalue weighted by molar-refractivity contribution is 6.25. The van der Waals surface area contributed by atoms with Crippen LogP contribution in [0.5, 0.6) is 0 Å². The molecule has 1 amide bonds. The molecule has 2 N–H and O–H groups in total. The number of hydrogen-bond donors (Lipinski definition) is 2. The maximum atomic E-state index is 11.2. The van der Waals surface area contributed by atoms with Gasteiger partial charge in [-0.15, -0.1) is 0 Å². The summed E-state index contributed by atoms with van der Waals surface area (Å²) < 4.78 is 0. The molecule has 0 heterocycles. The summed E-state index contributed by atoms with van der Waals surface area (Å²) in [5.41, 5.74) is 0. The molecule has 21 heavy (non-hydrogen) atoms. The number of nitrogens with zero attached hydrogens (tertiary/aromatic N) is 3. The first kappa shape index (κ1) is 19.9. The summed E-state index contributed by atoms with van der Waals surface area (Å²) in [5, 5.41) is 13.7. The van der Waals surface area contributed by atoms with Gasteiger partial charge in [0.2, 0.25) is 0 Å². The molecule has 0 aromatic carbocycles. The summed E-state index contributed by atoms with van der Waals surface area (Å²) >= 11 is 0. The third-order valence-electron chi connectivity index (χ3n) is 3.31. The Balaban J connectivity index is 3.95. The molecule has 6 nitrogen and oxygen atoms in total. The van der Waals surface area contributed by atoms with Crippen molar-refractivity contribution in [1.29, 1.82) is 0 Å². The van der Waals surface area contributed by atoms with Crippen molar-refractivity contribution >= 4 is 12.1 Å². The van der Waals surface area contributed by atoms with Gasteiger partial charge in [0.05, 0.1) is 0 Å². The van der Waals surface area contributed by atoms with E-state index in [4.69, 9.17) is 5.21 Å². The van der Waals surface area contributed by atoms with E-state index in [9.17, 15) is 4.79 Å². The average molecular weight is 300 g/mol. The smallest absolute Gasteiger partial charge is 0.265 e. The van der Waals surface area contributed by atoms with Gasteiger partial charge in [-0.3, -0.25) is 4.79 Å². The summed E-state index contributed by atoms with van der Waals surface area (Å²) in [6.45, 7) is 6.85. The Morgan fingerprint density at radius 2 is 1.81 bits per heavy atom. The molecule has 0 unspecified atom stereocenters. The Morgan fingerprint density at radius 1 is 1.10 bits per heavy atom. The fourth-order valence-corrected chi connectivity index (χ4v) is 2.14. The van der Waals surface area contributed by atoms with Crippen LogP contribution in [0.3, 0.4) is 0 Å². The number of carbonyl (C=O) groups is 1. The highest BCUT2D eigenvalue weighted by atomic mass is 16.4. The van der Waals surface area contributed by atoms with E-state index in [1.54, 1.807) is 0 Å². The molecular formula is C15H32N4O2. The standard InChI is InChI=1S/C15H32N4O2/c1-4-5-6-7-11-19(12-8-10-18(2)3)13-9-16-15(20)14-17-21/h14,21H,4-13H2,1-3H3,(H,16,20). The van der Waals surface area contributed by atoms with Crippen molar-refractivity contribution in [1.82, 2.24) is 15.1 Å². The number of oxime groups is 1. The fourth-order valence-electron chi connectivity index (χ4n) is 2.14. The van der Waals surface area contributed by atoms with E-state index in [0.29, 0.717) is 6.54 Å². The molecule has 0 aliphatic rings. The van der Waals surface area contributed by atoms with Crippen LogP contribution in [0, 0.1) is 0 Å².